The third kappa shape index (κ3) is 3.61. The van der Waals surface area contributed by atoms with Gasteiger partial charge < -0.3 is 5.32 Å². The van der Waals surface area contributed by atoms with E-state index in [9.17, 15) is 0 Å². The third-order valence-electron chi connectivity index (χ3n) is 2.83. The van der Waals surface area contributed by atoms with E-state index >= 15 is 0 Å². The maximum absolute atomic E-state index is 6.25. The number of hydrogen-bond donors (Lipinski definition) is 1. The van der Waals surface area contributed by atoms with E-state index in [0.717, 1.165) is 29.7 Å². The van der Waals surface area contributed by atoms with Crippen LogP contribution in [-0.4, -0.2) is 16.9 Å². The van der Waals surface area contributed by atoms with E-state index in [0.29, 0.717) is 5.92 Å². The Bertz CT molecular complexity index is 511. The molecule has 0 amide bonds. The smallest absolute Gasteiger partial charge is 0.126 e. The van der Waals surface area contributed by atoms with Gasteiger partial charge in [-0.1, -0.05) is 32.0 Å². The van der Waals surface area contributed by atoms with Crippen LogP contribution < -0.4 is 5.32 Å². The first kappa shape index (κ1) is 13.2. The average Bonchev–Trinajstić information content (AvgIpc) is 2.35. The first-order chi connectivity index (χ1) is 8.65. The molecule has 0 radical (unpaired) electrons. The van der Waals surface area contributed by atoms with Crippen molar-refractivity contribution in [3.05, 3.63) is 36.4 Å². The van der Waals surface area contributed by atoms with Crippen LogP contribution in [0, 0.1) is 5.92 Å². The molecule has 1 aromatic carbocycles. The Labute approximate surface area is 113 Å². The summed E-state index contributed by atoms with van der Waals surface area (Å²) in [6.45, 7) is 5.12. The van der Waals surface area contributed by atoms with Crippen LogP contribution >= 0.6 is 11.6 Å². The highest BCUT2D eigenvalue weighted by atomic mass is 35.5. The Morgan fingerprint density at radius 2 is 1.94 bits per heavy atom. The van der Waals surface area contributed by atoms with Gasteiger partial charge in [-0.15, -0.1) is 11.6 Å². The molecule has 0 fully saturated rings. The summed E-state index contributed by atoms with van der Waals surface area (Å²) in [6, 6.07) is 12.2. The molecule has 2 nitrogen and oxygen atoms in total. The minimum Gasteiger partial charge on any atom is -0.369 e. The summed E-state index contributed by atoms with van der Waals surface area (Å²) in [5, 5.41) is 4.61. The van der Waals surface area contributed by atoms with Crippen molar-refractivity contribution in [3.63, 3.8) is 0 Å². The molecule has 0 saturated carbocycles. The number of benzene rings is 1. The van der Waals surface area contributed by atoms with Gasteiger partial charge in [0.25, 0.3) is 0 Å². The lowest BCUT2D eigenvalue weighted by Gasteiger charge is -2.13. The van der Waals surface area contributed by atoms with Gasteiger partial charge in [0, 0.05) is 11.9 Å². The van der Waals surface area contributed by atoms with Crippen LogP contribution in [0.2, 0.25) is 0 Å². The summed E-state index contributed by atoms with van der Waals surface area (Å²) in [5.74, 6) is 1.52. The quantitative estimate of drug-likeness (QED) is 0.813. The zero-order valence-corrected chi connectivity index (χ0v) is 11.6. The maximum Gasteiger partial charge on any atom is 0.126 e. The molecular formula is C15H19ClN2. The van der Waals surface area contributed by atoms with Crippen molar-refractivity contribution >= 4 is 28.3 Å². The molecule has 3 heteroatoms. The van der Waals surface area contributed by atoms with Gasteiger partial charge in [-0.2, -0.15) is 0 Å². The van der Waals surface area contributed by atoms with Crippen LogP contribution in [0.25, 0.3) is 10.9 Å². The lowest BCUT2D eigenvalue weighted by atomic mass is 10.1. The highest BCUT2D eigenvalue weighted by Gasteiger charge is 2.07. The largest absolute Gasteiger partial charge is 0.369 e. The number of para-hydroxylation sites is 1. The molecule has 2 rings (SSSR count). The van der Waals surface area contributed by atoms with Crippen LogP contribution in [0.5, 0.6) is 0 Å². The van der Waals surface area contributed by atoms with Gasteiger partial charge in [0.05, 0.1) is 10.9 Å². The van der Waals surface area contributed by atoms with Crippen LogP contribution in [0.1, 0.15) is 20.3 Å². The van der Waals surface area contributed by atoms with Crippen LogP contribution in [-0.2, 0) is 0 Å². The zero-order valence-electron chi connectivity index (χ0n) is 10.9. The summed E-state index contributed by atoms with van der Waals surface area (Å²) in [7, 11) is 0. The van der Waals surface area contributed by atoms with Gasteiger partial charge in [0.2, 0.25) is 0 Å². The molecule has 1 atom stereocenters. The summed E-state index contributed by atoms with van der Waals surface area (Å²) < 4.78 is 0. The minimum absolute atomic E-state index is 0.151. The molecule has 1 N–H and O–H groups in total. The van der Waals surface area contributed by atoms with Crippen LogP contribution in [0.4, 0.5) is 5.82 Å². The van der Waals surface area contributed by atoms with Gasteiger partial charge in [-0.3, -0.25) is 0 Å². The number of anilines is 1. The normalized spacial score (nSPS) is 12.9. The van der Waals surface area contributed by atoms with Gasteiger partial charge in [-0.25, -0.2) is 4.98 Å². The Balaban J connectivity index is 1.99. The van der Waals surface area contributed by atoms with E-state index in [-0.39, 0.29) is 5.38 Å². The monoisotopic (exact) mass is 262 g/mol. The highest BCUT2D eigenvalue weighted by molar-refractivity contribution is 6.20. The fraction of sp³-hybridized carbons (Fsp3) is 0.400. The summed E-state index contributed by atoms with van der Waals surface area (Å²) in [4.78, 5) is 4.56. The second-order valence-electron chi connectivity index (χ2n) is 5.00. The fourth-order valence-corrected chi connectivity index (χ4v) is 2.41. The van der Waals surface area contributed by atoms with Gasteiger partial charge in [-0.05, 0) is 30.5 Å². The Morgan fingerprint density at radius 3 is 2.72 bits per heavy atom. The second-order valence-corrected chi connectivity index (χ2v) is 5.61. The second kappa shape index (κ2) is 6.05. The molecule has 0 bridgehead atoms. The molecule has 0 aliphatic rings. The van der Waals surface area contributed by atoms with Crippen molar-refractivity contribution in [2.45, 2.75) is 25.6 Å². The maximum atomic E-state index is 6.25. The topological polar surface area (TPSA) is 24.9 Å². The van der Waals surface area contributed by atoms with Crippen molar-refractivity contribution in [3.8, 4) is 0 Å². The first-order valence-electron chi connectivity index (χ1n) is 6.39. The molecule has 0 spiro atoms. The number of aromatic nitrogens is 1. The van der Waals surface area contributed by atoms with Gasteiger partial charge in [0.1, 0.15) is 5.82 Å². The fourth-order valence-electron chi connectivity index (χ4n) is 1.97. The molecule has 1 heterocycles. The molecule has 0 aliphatic heterocycles. The van der Waals surface area contributed by atoms with E-state index in [2.05, 4.69) is 36.3 Å². The Kier molecular flexibility index (Phi) is 4.43. The first-order valence-corrected chi connectivity index (χ1v) is 6.82. The lowest BCUT2D eigenvalue weighted by Crippen LogP contribution is -2.16. The number of pyridine rings is 1. The number of alkyl halides is 1. The summed E-state index contributed by atoms with van der Waals surface area (Å²) in [5.41, 5.74) is 1.01. The Hall–Kier alpha value is -1.28. The zero-order chi connectivity index (χ0) is 13.0. The Morgan fingerprint density at radius 1 is 1.17 bits per heavy atom. The van der Waals surface area contributed by atoms with Crippen LogP contribution in [0.15, 0.2) is 36.4 Å². The van der Waals surface area contributed by atoms with Crippen molar-refractivity contribution < 1.29 is 0 Å². The SMILES string of the molecule is CC(C)CC(Cl)CNc1ccc2ccccc2n1. The minimum atomic E-state index is 0.151. The molecule has 1 aromatic heterocycles. The number of fused-ring (bicyclic) bond motifs is 1. The number of rotatable bonds is 5. The standard InChI is InChI=1S/C15H19ClN2/c1-11(2)9-13(16)10-17-15-8-7-12-5-3-4-6-14(12)18-15/h3-8,11,13H,9-10H2,1-2H3,(H,17,18). The van der Waals surface area contributed by atoms with Gasteiger partial charge >= 0.3 is 0 Å². The molecule has 0 aliphatic carbocycles. The molecule has 1 unspecified atom stereocenters. The van der Waals surface area contributed by atoms with E-state index < -0.39 is 0 Å². The lowest BCUT2D eigenvalue weighted by molar-refractivity contribution is 0.572. The van der Waals surface area contributed by atoms with Gasteiger partial charge in [0.15, 0.2) is 0 Å². The summed E-state index contributed by atoms with van der Waals surface area (Å²) >= 11 is 6.25. The van der Waals surface area contributed by atoms with Crippen molar-refractivity contribution in [1.29, 1.82) is 0 Å². The molecule has 96 valence electrons. The predicted molar refractivity (Wildman–Crippen MR) is 79.3 cm³/mol. The number of nitrogens with one attached hydrogen (secondary N) is 1. The molecule has 2 aromatic rings. The van der Waals surface area contributed by atoms with Crippen molar-refractivity contribution in [2.24, 2.45) is 5.92 Å². The predicted octanol–water partition coefficient (Wildman–Crippen LogP) is 4.30. The third-order valence-corrected chi connectivity index (χ3v) is 3.16. The summed E-state index contributed by atoms with van der Waals surface area (Å²) in [6.07, 6.45) is 1.02. The average molecular weight is 263 g/mol. The number of halogens is 1. The van der Waals surface area contributed by atoms with Crippen molar-refractivity contribution in [1.82, 2.24) is 4.98 Å². The van der Waals surface area contributed by atoms with E-state index in [1.165, 1.54) is 0 Å². The molecular weight excluding hydrogens is 244 g/mol. The van der Waals surface area contributed by atoms with Crippen LogP contribution in [0.3, 0.4) is 0 Å². The van der Waals surface area contributed by atoms with E-state index in [4.69, 9.17) is 11.6 Å². The van der Waals surface area contributed by atoms with E-state index in [1.807, 2.05) is 24.3 Å². The molecule has 0 saturated heterocycles. The highest BCUT2D eigenvalue weighted by Crippen LogP contribution is 2.16. The molecule has 18 heavy (non-hydrogen) atoms. The number of nitrogens with zero attached hydrogens (tertiary/aromatic N) is 1. The van der Waals surface area contributed by atoms with Crippen molar-refractivity contribution in [2.75, 3.05) is 11.9 Å². The van der Waals surface area contributed by atoms with E-state index in [1.54, 1.807) is 0 Å². The number of hydrogen-bond acceptors (Lipinski definition) is 2.